The molecule has 0 spiro atoms. The molecule has 4 nitrogen and oxygen atoms in total. The lowest BCUT2D eigenvalue weighted by Gasteiger charge is -2.12. The summed E-state index contributed by atoms with van der Waals surface area (Å²) in [5, 5.41) is 10.3. The number of nitrogen functional groups attached to an aromatic ring is 1. The van der Waals surface area contributed by atoms with E-state index < -0.39 is 0 Å². The minimum absolute atomic E-state index is 0.190. The van der Waals surface area contributed by atoms with Crippen molar-refractivity contribution >= 4 is 17.4 Å². The van der Waals surface area contributed by atoms with Crippen LogP contribution in [0.1, 0.15) is 11.1 Å². The molecule has 0 radical (unpaired) electrons. The highest BCUT2D eigenvalue weighted by Crippen LogP contribution is 2.33. The molecule has 1 heterocycles. The number of pyridine rings is 1. The van der Waals surface area contributed by atoms with Crippen LogP contribution >= 0.6 is 11.6 Å². The molecule has 0 saturated heterocycles. The molecule has 30 heavy (non-hydrogen) atoms. The van der Waals surface area contributed by atoms with E-state index in [-0.39, 0.29) is 5.82 Å². The molecule has 0 saturated carbocycles. The normalized spacial score (nSPS) is 10.4. The van der Waals surface area contributed by atoms with Gasteiger partial charge in [-0.2, -0.15) is 5.26 Å². The number of hydrogen-bond donors (Lipinski definition) is 1. The van der Waals surface area contributed by atoms with Gasteiger partial charge >= 0.3 is 0 Å². The smallest absolute Gasteiger partial charge is 0.142 e. The number of hydrogen-bond acceptors (Lipinski definition) is 4. The van der Waals surface area contributed by atoms with Crippen LogP contribution in [0.15, 0.2) is 84.9 Å². The number of aromatic nitrogens is 1. The van der Waals surface area contributed by atoms with Gasteiger partial charge in [-0.05, 0) is 41.5 Å². The van der Waals surface area contributed by atoms with Gasteiger partial charge in [0.1, 0.15) is 29.8 Å². The summed E-state index contributed by atoms with van der Waals surface area (Å²) in [5.74, 6) is 0.902. The van der Waals surface area contributed by atoms with Gasteiger partial charge in [-0.25, -0.2) is 4.98 Å². The molecule has 2 N–H and O–H groups in total. The molecule has 5 heteroatoms. The Balaban J connectivity index is 1.70. The average Bonchev–Trinajstić information content (AvgIpc) is 2.78. The molecular weight excluding hydrogens is 394 g/mol. The van der Waals surface area contributed by atoms with Crippen molar-refractivity contribution in [2.24, 2.45) is 0 Å². The molecule has 3 aromatic carbocycles. The van der Waals surface area contributed by atoms with Crippen molar-refractivity contribution in [3.05, 3.63) is 101 Å². The Morgan fingerprint density at radius 1 is 0.900 bits per heavy atom. The second-order valence-electron chi connectivity index (χ2n) is 6.74. The molecule has 0 bridgehead atoms. The second kappa shape index (κ2) is 8.69. The standard InChI is InChI=1S/C25H18ClN3O/c26-20-11-9-18(10-12-20)24-14-22(23(15-27)25(28)29-24)19-7-4-8-21(13-19)30-16-17-5-2-1-3-6-17/h1-14H,16H2,(H2,28,29). The number of halogens is 1. The number of ether oxygens (including phenoxy) is 1. The molecule has 4 rings (SSSR count). The zero-order chi connectivity index (χ0) is 20.9. The third kappa shape index (κ3) is 4.27. The highest BCUT2D eigenvalue weighted by Gasteiger charge is 2.14. The van der Waals surface area contributed by atoms with Crippen LogP contribution in [0.5, 0.6) is 5.75 Å². The molecule has 0 aliphatic heterocycles. The molecule has 0 atom stereocenters. The van der Waals surface area contributed by atoms with Crippen molar-refractivity contribution in [1.82, 2.24) is 4.98 Å². The first kappa shape index (κ1) is 19.5. The molecule has 0 fully saturated rings. The van der Waals surface area contributed by atoms with Gasteiger partial charge in [-0.3, -0.25) is 0 Å². The van der Waals surface area contributed by atoms with Gasteiger partial charge in [-0.1, -0.05) is 66.2 Å². The van der Waals surface area contributed by atoms with Gasteiger partial charge in [-0.15, -0.1) is 0 Å². The minimum atomic E-state index is 0.190. The van der Waals surface area contributed by atoms with E-state index in [1.165, 1.54) is 0 Å². The van der Waals surface area contributed by atoms with Crippen molar-refractivity contribution in [1.29, 1.82) is 5.26 Å². The number of nitriles is 1. The van der Waals surface area contributed by atoms with Gasteiger partial charge in [0.15, 0.2) is 0 Å². The third-order valence-corrected chi connectivity index (χ3v) is 4.94. The van der Waals surface area contributed by atoms with Crippen molar-refractivity contribution < 1.29 is 4.74 Å². The van der Waals surface area contributed by atoms with E-state index >= 15 is 0 Å². The Labute approximate surface area is 180 Å². The van der Waals surface area contributed by atoms with Crippen LogP contribution in [0.4, 0.5) is 5.82 Å². The van der Waals surface area contributed by atoms with Crippen LogP contribution in [0.2, 0.25) is 5.02 Å². The first-order valence-electron chi connectivity index (χ1n) is 9.38. The topological polar surface area (TPSA) is 71.9 Å². The zero-order valence-electron chi connectivity index (χ0n) is 16.0. The Bertz CT molecular complexity index is 1220. The van der Waals surface area contributed by atoms with Crippen molar-refractivity contribution in [3.8, 4) is 34.2 Å². The largest absolute Gasteiger partial charge is 0.489 e. The molecule has 0 aliphatic carbocycles. The monoisotopic (exact) mass is 411 g/mol. The van der Waals surface area contributed by atoms with E-state index in [2.05, 4.69) is 11.1 Å². The molecule has 0 amide bonds. The van der Waals surface area contributed by atoms with Crippen LogP contribution in [-0.2, 0) is 6.61 Å². The first-order chi connectivity index (χ1) is 14.6. The molecular formula is C25H18ClN3O. The van der Waals surface area contributed by atoms with E-state index in [4.69, 9.17) is 22.1 Å². The maximum Gasteiger partial charge on any atom is 0.142 e. The number of benzene rings is 3. The predicted octanol–water partition coefficient (Wildman–Crippen LogP) is 6.10. The van der Waals surface area contributed by atoms with Crippen molar-refractivity contribution in [2.75, 3.05) is 5.73 Å². The summed E-state index contributed by atoms with van der Waals surface area (Å²) >= 11 is 5.99. The lowest BCUT2D eigenvalue weighted by molar-refractivity contribution is 0.306. The minimum Gasteiger partial charge on any atom is -0.489 e. The van der Waals surface area contributed by atoms with Crippen LogP contribution in [-0.4, -0.2) is 4.98 Å². The van der Waals surface area contributed by atoms with Gasteiger partial charge in [0.05, 0.1) is 5.69 Å². The lowest BCUT2D eigenvalue weighted by atomic mass is 9.98. The van der Waals surface area contributed by atoms with Crippen LogP contribution in [0, 0.1) is 11.3 Å². The highest BCUT2D eigenvalue weighted by atomic mass is 35.5. The molecule has 146 valence electrons. The Hall–Kier alpha value is -3.81. The van der Waals surface area contributed by atoms with Gasteiger partial charge in [0.2, 0.25) is 0 Å². The molecule has 0 aliphatic rings. The van der Waals surface area contributed by atoms with Crippen LogP contribution < -0.4 is 10.5 Å². The molecule has 1 aromatic heterocycles. The van der Waals surface area contributed by atoms with Gasteiger partial charge in [0, 0.05) is 16.1 Å². The maximum atomic E-state index is 9.66. The summed E-state index contributed by atoms with van der Waals surface area (Å²) < 4.78 is 5.94. The predicted molar refractivity (Wildman–Crippen MR) is 120 cm³/mol. The summed E-state index contributed by atoms with van der Waals surface area (Å²) in [6.07, 6.45) is 0. The van der Waals surface area contributed by atoms with E-state index in [9.17, 15) is 5.26 Å². The van der Waals surface area contributed by atoms with E-state index in [1.807, 2.05) is 72.8 Å². The quantitative estimate of drug-likeness (QED) is 0.430. The van der Waals surface area contributed by atoms with Crippen molar-refractivity contribution in [2.45, 2.75) is 6.61 Å². The molecule has 0 unspecified atom stereocenters. The lowest BCUT2D eigenvalue weighted by Crippen LogP contribution is -2.00. The van der Waals surface area contributed by atoms with Crippen LogP contribution in [0.25, 0.3) is 22.4 Å². The van der Waals surface area contributed by atoms with Crippen molar-refractivity contribution in [3.63, 3.8) is 0 Å². The third-order valence-electron chi connectivity index (χ3n) is 4.69. The Kier molecular flexibility index (Phi) is 5.65. The zero-order valence-corrected chi connectivity index (χ0v) is 16.8. The fraction of sp³-hybridized carbons (Fsp3) is 0.0400. The van der Waals surface area contributed by atoms with Gasteiger partial charge < -0.3 is 10.5 Å². The SMILES string of the molecule is N#Cc1c(-c2cccc(OCc3ccccc3)c2)cc(-c2ccc(Cl)cc2)nc1N. The fourth-order valence-corrected chi connectivity index (χ4v) is 3.30. The molecule has 4 aromatic rings. The first-order valence-corrected chi connectivity index (χ1v) is 9.75. The fourth-order valence-electron chi connectivity index (χ4n) is 3.17. The van der Waals surface area contributed by atoms with E-state index in [0.29, 0.717) is 34.2 Å². The summed E-state index contributed by atoms with van der Waals surface area (Å²) in [7, 11) is 0. The number of nitrogens with zero attached hydrogens (tertiary/aromatic N) is 2. The maximum absolute atomic E-state index is 9.66. The van der Waals surface area contributed by atoms with Crippen LogP contribution in [0.3, 0.4) is 0 Å². The summed E-state index contributed by atoms with van der Waals surface area (Å²) in [5.41, 5.74) is 10.6. The highest BCUT2D eigenvalue weighted by molar-refractivity contribution is 6.30. The Morgan fingerprint density at radius 2 is 1.67 bits per heavy atom. The van der Waals surface area contributed by atoms with E-state index in [1.54, 1.807) is 12.1 Å². The number of nitrogens with two attached hydrogens (primary N) is 1. The second-order valence-corrected chi connectivity index (χ2v) is 7.17. The summed E-state index contributed by atoms with van der Waals surface area (Å²) in [6.45, 7) is 0.462. The Morgan fingerprint density at radius 3 is 2.40 bits per heavy atom. The average molecular weight is 412 g/mol. The number of rotatable bonds is 5. The summed E-state index contributed by atoms with van der Waals surface area (Å²) in [4.78, 5) is 4.41. The summed E-state index contributed by atoms with van der Waals surface area (Å²) in [6, 6.07) is 29.0. The van der Waals surface area contributed by atoms with E-state index in [0.717, 1.165) is 16.7 Å². The van der Waals surface area contributed by atoms with Gasteiger partial charge in [0.25, 0.3) is 0 Å². The number of anilines is 1.